The van der Waals surface area contributed by atoms with E-state index in [0.717, 1.165) is 16.3 Å². The summed E-state index contributed by atoms with van der Waals surface area (Å²) in [6, 6.07) is 26.7. The molecule has 0 saturated carbocycles. The number of ether oxygens (including phenoxy) is 2. The van der Waals surface area contributed by atoms with Crippen molar-refractivity contribution in [2.75, 3.05) is 6.61 Å². The van der Waals surface area contributed by atoms with Gasteiger partial charge in [0.15, 0.2) is 11.5 Å². The molecule has 4 aromatic rings. The third-order valence-corrected chi connectivity index (χ3v) is 5.28. The van der Waals surface area contributed by atoms with Crippen molar-refractivity contribution in [2.24, 2.45) is 5.10 Å². The molecule has 0 atom stereocenters. The van der Waals surface area contributed by atoms with Crippen LogP contribution in [0.1, 0.15) is 28.4 Å². The second-order valence-electron chi connectivity index (χ2n) is 7.26. The van der Waals surface area contributed by atoms with Crippen molar-refractivity contribution in [1.82, 2.24) is 5.43 Å². The lowest BCUT2D eigenvalue weighted by Crippen LogP contribution is -2.17. The summed E-state index contributed by atoms with van der Waals surface area (Å²) in [5.74, 6) is 0.691. The van der Waals surface area contributed by atoms with Crippen molar-refractivity contribution < 1.29 is 14.3 Å². The van der Waals surface area contributed by atoms with Gasteiger partial charge in [-0.3, -0.25) is 4.79 Å². The molecule has 0 heterocycles. The smallest absolute Gasteiger partial charge is 0.271 e. The van der Waals surface area contributed by atoms with E-state index in [0.29, 0.717) is 40.9 Å². The van der Waals surface area contributed by atoms with Gasteiger partial charge in [0.05, 0.1) is 17.8 Å². The van der Waals surface area contributed by atoms with Crippen molar-refractivity contribution in [3.63, 3.8) is 0 Å². The predicted octanol–water partition coefficient (Wildman–Crippen LogP) is 6.23. The minimum atomic E-state index is -0.294. The Hall–Kier alpha value is -3.83. The SMILES string of the molecule is CCOc1cc(/C=N/NC(=O)c2ccccc2)cc(Cl)c1OCc1cccc2ccccc12. The molecular formula is C27H23ClN2O3. The predicted molar refractivity (Wildman–Crippen MR) is 132 cm³/mol. The zero-order chi connectivity index (χ0) is 23.0. The number of halogens is 1. The molecule has 0 bridgehead atoms. The first-order chi connectivity index (χ1) is 16.2. The molecule has 5 nitrogen and oxygen atoms in total. The molecule has 0 aromatic heterocycles. The number of carbonyl (C=O) groups excluding carboxylic acids is 1. The van der Waals surface area contributed by atoms with Crippen molar-refractivity contribution >= 4 is 34.5 Å². The van der Waals surface area contributed by atoms with Gasteiger partial charge in [-0.05, 0) is 53.1 Å². The summed E-state index contributed by atoms with van der Waals surface area (Å²) in [4.78, 5) is 12.1. The zero-order valence-corrected chi connectivity index (χ0v) is 18.9. The first kappa shape index (κ1) is 22.4. The molecule has 0 aliphatic heterocycles. The molecular weight excluding hydrogens is 436 g/mol. The Balaban J connectivity index is 1.51. The third kappa shape index (κ3) is 5.51. The maximum atomic E-state index is 12.1. The van der Waals surface area contributed by atoms with Crippen LogP contribution in [0.4, 0.5) is 0 Å². The van der Waals surface area contributed by atoms with Crippen LogP contribution < -0.4 is 14.9 Å². The molecule has 4 aromatic carbocycles. The number of benzene rings is 4. The van der Waals surface area contributed by atoms with Crippen molar-refractivity contribution in [3.05, 3.63) is 107 Å². The van der Waals surface area contributed by atoms with Gasteiger partial charge in [0.1, 0.15) is 6.61 Å². The van der Waals surface area contributed by atoms with Crippen molar-refractivity contribution in [3.8, 4) is 11.5 Å². The van der Waals surface area contributed by atoms with Crippen LogP contribution in [-0.2, 0) is 6.61 Å². The Morgan fingerprint density at radius 3 is 2.55 bits per heavy atom. The van der Waals surface area contributed by atoms with E-state index in [1.807, 2.05) is 37.3 Å². The first-order valence-electron chi connectivity index (χ1n) is 10.6. The molecule has 4 rings (SSSR count). The van der Waals surface area contributed by atoms with Gasteiger partial charge in [0.2, 0.25) is 0 Å². The van der Waals surface area contributed by atoms with Crippen LogP contribution in [0.25, 0.3) is 10.8 Å². The summed E-state index contributed by atoms with van der Waals surface area (Å²) < 4.78 is 11.9. The van der Waals surface area contributed by atoms with Gasteiger partial charge in [-0.2, -0.15) is 5.10 Å². The number of nitrogens with zero attached hydrogens (tertiary/aromatic N) is 1. The van der Waals surface area contributed by atoms with E-state index in [9.17, 15) is 4.79 Å². The molecule has 6 heteroatoms. The topological polar surface area (TPSA) is 59.9 Å². The Morgan fingerprint density at radius 2 is 1.73 bits per heavy atom. The molecule has 0 unspecified atom stereocenters. The van der Waals surface area contributed by atoms with E-state index in [2.05, 4.69) is 28.7 Å². The highest BCUT2D eigenvalue weighted by Crippen LogP contribution is 2.37. The van der Waals surface area contributed by atoms with E-state index in [1.54, 1.807) is 36.4 Å². The fourth-order valence-electron chi connectivity index (χ4n) is 3.45. The Bertz CT molecular complexity index is 1280. The Labute approximate surface area is 197 Å². The summed E-state index contributed by atoms with van der Waals surface area (Å²) in [5, 5.41) is 6.72. The molecule has 0 spiro atoms. The number of hydrazone groups is 1. The third-order valence-electron chi connectivity index (χ3n) is 5.00. The second kappa shape index (κ2) is 10.7. The highest BCUT2D eigenvalue weighted by atomic mass is 35.5. The number of carbonyl (C=O) groups is 1. The van der Waals surface area contributed by atoms with Gasteiger partial charge in [0, 0.05) is 5.56 Å². The average molecular weight is 459 g/mol. The number of hydrogen-bond donors (Lipinski definition) is 1. The van der Waals surface area contributed by atoms with E-state index < -0.39 is 0 Å². The molecule has 0 aliphatic rings. The van der Waals surface area contributed by atoms with Gasteiger partial charge in [0.25, 0.3) is 5.91 Å². The van der Waals surface area contributed by atoms with Crippen LogP contribution in [0.3, 0.4) is 0 Å². The largest absolute Gasteiger partial charge is 0.490 e. The van der Waals surface area contributed by atoms with Crippen LogP contribution in [0, 0.1) is 0 Å². The summed E-state index contributed by atoms with van der Waals surface area (Å²) in [6.07, 6.45) is 1.52. The molecule has 0 saturated heterocycles. The summed E-state index contributed by atoms with van der Waals surface area (Å²) >= 11 is 6.54. The number of nitrogens with one attached hydrogen (secondary N) is 1. The van der Waals surface area contributed by atoms with E-state index in [-0.39, 0.29) is 5.91 Å². The highest BCUT2D eigenvalue weighted by Gasteiger charge is 2.13. The monoisotopic (exact) mass is 458 g/mol. The van der Waals surface area contributed by atoms with Crippen LogP contribution >= 0.6 is 11.6 Å². The zero-order valence-electron chi connectivity index (χ0n) is 18.1. The van der Waals surface area contributed by atoms with Crippen LogP contribution in [-0.4, -0.2) is 18.7 Å². The molecule has 0 fully saturated rings. The molecule has 33 heavy (non-hydrogen) atoms. The molecule has 1 N–H and O–H groups in total. The number of fused-ring (bicyclic) bond motifs is 1. The maximum Gasteiger partial charge on any atom is 0.271 e. The van der Waals surface area contributed by atoms with Gasteiger partial charge in [-0.15, -0.1) is 0 Å². The standard InChI is InChI=1S/C27H23ClN2O3/c1-2-32-25-16-19(17-29-30-27(31)21-10-4-3-5-11-21)15-24(28)26(25)33-18-22-13-8-12-20-9-6-7-14-23(20)22/h3-17H,2,18H2,1H3,(H,30,31)/b29-17+. The average Bonchev–Trinajstić information content (AvgIpc) is 2.84. The van der Waals surface area contributed by atoms with Crippen LogP contribution in [0.5, 0.6) is 11.5 Å². The van der Waals surface area contributed by atoms with E-state index >= 15 is 0 Å². The van der Waals surface area contributed by atoms with Crippen LogP contribution in [0.2, 0.25) is 5.02 Å². The van der Waals surface area contributed by atoms with Crippen molar-refractivity contribution in [1.29, 1.82) is 0 Å². The van der Waals surface area contributed by atoms with Crippen LogP contribution in [0.15, 0.2) is 90.0 Å². The number of amides is 1. The summed E-state index contributed by atoms with van der Waals surface area (Å²) in [6.45, 7) is 2.69. The van der Waals surface area contributed by atoms with Gasteiger partial charge >= 0.3 is 0 Å². The van der Waals surface area contributed by atoms with Gasteiger partial charge < -0.3 is 9.47 Å². The molecule has 1 amide bonds. The second-order valence-corrected chi connectivity index (χ2v) is 7.66. The Morgan fingerprint density at radius 1 is 0.970 bits per heavy atom. The first-order valence-corrected chi connectivity index (χ1v) is 11.0. The lowest BCUT2D eigenvalue weighted by molar-refractivity contribution is 0.0955. The number of hydrogen-bond acceptors (Lipinski definition) is 4. The summed E-state index contributed by atoms with van der Waals surface area (Å²) in [7, 11) is 0. The fraction of sp³-hybridized carbons (Fsp3) is 0.111. The lowest BCUT2D eigenvalue weighted by atomic mass is 10.1. The fourth-order valence-corrected chi connectivity index (χ4v) is 3.73. The maximum absolute atomic E-state index is 12.1. The number of rotatable bonds is 8. The quantitative estimate of drug-likeness (QED) is 0.251. The van der Waals surface area contributed by atoms with Crippen molar-refractivity contribution in [2.45, 2.75) is 13.5 Å². The molecule has 0 aliphatic carbocycles. The van der Waals surface area contributed by atoms with Gasteiger partial charge in [-0.25, -0.2) is 5.43 Å². The van der Waals surface area contributed by atoms with E-state index in [4.69, 9.17) is 21.1 Å². The minimum Gasteiger partial charge on any atom is -0.490 e. The normalized spacial score (nSPS) is 11.0. The lowest BCUT2D eigenvalue weighted by Gasteiger charge is -2.15. The summed E-state index contributed by atoms with van der Waals surface area (Å²) in [5.41, 5.74) is 4.77. The minimum absolute atomic E-state index is 0.294. The molecule has 0 radical (unpaired) electrons. The highest BCUT2D eigenvalue weighted by molar-refractivity contribution is 6.32. The van der Waals surface area contributed by atoms with Gasteiger partial charge in [-0.1, -0.05) is 72.3 Å². The Kier molecular flexibility index (Phi) is 7.22. The molecule has 166 valence electrons. The van der Waals surface area contributed by atoms with E-state index in [1.165, 1.54) is 6.21 Å².